The highest BCUT2D eigenvalue weighted by molar-refractivity contribution is 7.91. The van der Waals surface area contributed by atoms with E-state index in [1.54, 1.807) is 24.2 Å². The average molecular weight is 517 g/mol. The predicted molar refractivity (Wildman–Crippen MR) is 139 cm³/mol. The summed E-state index contributed by atoms with van der Waals surface area (Å²) in [6.45, 7) is 2.54. The molecule has 2 heterocycles. The van der Waals surface area contributed by atoms with E-state index in [0.717, 1.165) is 68.4 Å². The molecular weight excluding hydrogens is 480 g/mol. The Labute approximate surface area is 213 Å². The molecule has 2 aliphatic carbocycles. The lowest BCUT2D eigenvalue weighted by atomic mass is 9.99. The lowest BCUT2D eigenvalue weighted by Gasteiger charge is -2.36. The number of methoxy groups -OCH3 is 1. The van der Waals surface area contributed by atoms with Gasteiger partial charge in [0.05, 0.1) is 25.0 Å². The fourth-order valence-corrected chi connectivity index (χ4v) is 7.18. The van der Waals surface area contributed by atoms with Gasteiger partial charge in [-0.3, -0.25) is 4.68 Å². The van der Waals surface area contributed by atoms with Crippen molar-refractivity contribution in [2.75, 3.05) is 43.5 Å². The van der Waals surface area contributed by atoms with Gasteiger partial charge in [0.2, 0.25) is 0 Å². The fourth-order valence-electron chi connectivity index (χ4n) is 5.82. The first-order valence-corrected chi connectivity index (χ1v) is 14.3. The second-order valence-corrected chi connectivity index (χ2v) is 11.6. The first-order chi connectivity index (χ1) is 17.4. The Balaban J connectivity index is 1.39. The van der Waals surface area contributed by atoms with E-state index in [0.29, 0.717) is 31.7 Å². The number of urea groups is 1. The molecule has 1 aromatic carbocycles. The highest BCUT2D eigenvalue weighted by atomic mass is 32.2. The molecule has 196 valence electrons. The van der Waals surface area contributed by atoms with Gasteiger partial charge in [-0.2, -0.15) is 13.5 Å². The quantitative estimate of drug-likeness (QED) is 0.558. The number of carbonyl (C=O) groups is 1. The summed E-state index contributed by atoms with van der Waals surface area (Å²) in [7, 11) is -0.540. The molecule has 10 nitrogen and oxygen atoms in total. The second kappa shape index (κ2) is 10.4. The van der Waals surface area contributed by atoms with E-state index in [2.05, 4.69) is 26.1 Å². The van der Waals surface area contributed by atoms with Crippen molar-refractivity contribution in [2.45, 2.75) is 64.0 Å². The van der Waals surface area contributed by atoms with Gasteiger partial charge in [0.25, 0.3) is 0 Å². The van der Waals surface area contributed by atoms with E-state index >= 15 is 0 Å². The number of ether oxygens (including phenoxy) is 1. The number of aryl methyl sites for hydroxylation is 2. The SMILES string of the molecule is COCCn1cc(N(C2CCN(C)CC2)S(=O)(=O)NC(=O)Nc2c3c(cc4c2CCC4)CCC3)cn1. The molecule has 2 N–H and O–H groups in total. The maximum atomic E-state index is 13.7. The summed E-state index contributed by atoms with van der Waals surface area (Å²) >= 11 is 0. The molecule has 1 aromatic heterocycles. The molecule has 1 aliphatic heterocycles. The minimum absolute atomic E-state index is 0.267. The number of anilines is 2. The molecule has 3 aliphatic rings. The molecule has 0 atom stereocenters. The van der Waals surface area contributed by atoms with E-state index in [1.807, 2.05) is 7.05 Å². The maximum Gasteiger partial charge on any atom is 0.334 e. The molecule has 0 saturated carbocycles. The van der Waals surface area contributed by atoms with E-state index in [1.165, 1.54) is 15.4 Å². The van der Waals surface area contributed by atoms with Crippen molar-refractivity contribution in [1.29, 1.82) is 0 Å². The maximum absolute atomic E-state index is 13.7. The van der Waals surface area contributed by atoms with Crippen LogP contribution in [0.25, 0.3) is 0 Å². The first-order valence-electron chi connectivity index (χ1n) is 12.9. The Morgan fingerprint density at radius 1 is 1.14 bits per heavy atom. The lowest BCUT2D eigenvalue weighted by Crippen LogP contribution is -2.52. The number of rotatable bonds is 8. The number of nitrogens with one attached hydrogen (secondary N) is 2. The Morgan fingerprint density at radius 3 is 2.44 bits per heavy atom. The third-order valence-electron chi connectivity index (χ3n) is 7.61. The standard InChI is InChI=1S/C25H36N6O4S/c1-29-11-9-20(10-12-29)31(21-16-26-30(17-21)13-14-35-2)36(33,34)28-25(32)27-24-22-7-3-5-18(22)15-19-6-4-8-23(19)24/h15-17,20H,3-14H2,1-2H3,(H2,27,28,32). The van der Waals surface area contributed by atoms with Gasteiger partial charge < -0.3 is 15.0 Å². The number of hydrogen-bond donors (Lipinski definition) is 2. The minimum Gasteiger partial charge on any atom is -0.383 e. The van der Waals surface area contributed by atoms with Crippen LogP contribution in [0, 0.1) is 0 Å². The summed E-state index contributed by atoms with van der Waals surface area (Å²) < 4.78 is 37.8. The van der Waals surface area contributed by atoms with Crippen molar-refractivity contribution < 1.29 is 17.9 Å². The normalized spacial score (nSPS) is 18.2. The van der Waals surface area contributed by atoms with Crippen molar-refractivity contribution in [2.24, 2.45) is 0 Å². The Morgan fingerprint density at radius 2 is 1.81 bits per heavy atom. The molecule has 36 heavy (non-hydrogen) atoms. The molecule has 2 aromatic rings. The highest BCUT2D eigenvalue weighted by Gasteiger charge is 2.35. The summed E-state index contributed by atoms with van der Waals surface area (Å²) in [5.74, 6) is 0. The molecule has 0 bridgehead atoms. The van der Waals surface area contributed by atoms with E-state index < -0.39 is 16.2 Å². The lowest BCUT2D eigenvalue weighted by molar-refractivity contribution is 0.183. The summed E-state index contributed by atoms with van der Waals surface area (Å²) in [5.41, 5.74) is 6.16. The van der Waals surface area contributed by atoms with Crippen LogP contribution in [-0.4, -0.2) is 69.0 Å². The third kappa shape index (κ3) is 5.09. The topological polar surface area (TPSA) is 109 Å². The van der Waals surface area contributed by atoms with Gasteiger partial charge in [0.15, 0.2) is 0 Å². The summed E-state index contributed by atoms with van der Waals surface area (Å²) in [6, 6.07) is 1.30. The van der Waals surface area contributed by atoms with E-state index in [-0.39, 0.29) is 6.04 Å². The van der Waals surface area contributed by atoms with Crippen molar-refractivity contribution in [3.8, 4) is 0 Å². The minimum atomic E-state index is -4.18. The van der Waals surface area contributed by atoms with Crippen LogP contribution in [0.5, 0.6) is 0 Å². The molecule has 1 saturated heterocycles. The number of benzene rings is 1. The number of nitrogens with zero attached hydrogens (tertiary/aromatic N) is 4. The zero-order chi connectivity index (χ0) is 25.3. The van der Waals surface area contributed by atoms with Crippen molar-refractivity contribution >= 4 is 27.6 Å². The van der Waals surface area contributed by atoms with Gasteiger partial charge in [-0.15, -0.1) is 0 Å². The van der Waals surface area contributed by atoms with E-state index in [9.17, 15) is 13.2 Å². The first kappa shape index (κ1) is 25.0. The molecule has 11 heteroatoms. The third-order valence-corrected chi connectivity index (χ3v) is 9.08. The smallest absolute Gasteiger partial charge is 0.334 e. The number of aromatic nitrogens is 2. The van der Waals surface area contributed by atoms with Crippen molar-refractivity contribution in [1.82, 2.24) is 19.4 Å². The van der Waals surface area contributed by atoms with E-state index in [4.69, 9.17) is 4.74 Å². The number of amides is 2. The van der Waals surface area contributed by atoms with Crippen LogP contribution in [-0.2, 0) is 47.2 Å². The molecule has 5 rings (SSSR count). The van der Waals surface area contributed by atoms with Gasteiger partial charge in [0, 0.05) is 25.0 Å². The van der Waals surface area contributed by atoms with Gasteiger partial charge in [-0.05, 0) is 93.8 Å². The fraction of sp³-hybridized carbons (Fsp3) is 0.600. The zero-order valence-corrected chi connectivity index (χ0v) is 21.9. The zero-order valence-electron chi connectivity index (χ0n) is 21.1. The summed E-state index contributed by atoms with van der Waals surface area (Å²) in [4.78, 5) is 15.4. The van der Waals surface area contributed by atoms with Crippen LogP contribution in [0.1, 0.15) is 47.9 Å². The van der Waals surface area contributed by atoms with Crippen molar-refractivity contribution in [3.63, 3.8) is 0 Å². The Bertz CT molecular complexity index is 1190. The largest absolute Gasteiger partial charge is 0.383 e. The second-order valence-electron chi connectivity index (χ2n) is 10.1. The summed E-state index contributed by atoms with van der Waals surface area (Å²) in [6.07, 6.45) is 10.5. The number of piperidine rings is 1. The van der Waals surface area contributed by atoms with Crippen LogP contribution >= 0.6 is 0 Å². The highest BCUT2D eigenvalue weighted by Crippen LogP contribution is 2.38. The number of likely N-dealkylation sites (tertiary alicyclic amines) is 1. The number of hydrogen-bond acceptors (Lipinski definition) is 6. The monoisotopic (exact) mass is 516 g/mol. The summed E-state index contributed by atoms with van der Waals surface area (Å²) in [5, 5.41) is 7.26. The Hall–Kier alpha value is -2.63. The molecular formula is C25H36N6O4S. The molecule has 2 amide bonds. The van der Waals surface area contributed by atoms with Crippen LogP contribution in [0.4, 0.5) is 16.2 Å². The van der Waals surface area contributed by atoms with Crippen LogP contribution in [0.15, 0.2) is 18.5 Å². The predicted octanol–water partition coefficient (Wildman–Crippen LogP) is 2.47. The van der Waals surface area contributed by atoms with Gasteiger partial charge in [0.1, 0.15) is 0 Å². The van der Waals surface area contributed by atoms with Gasteiger partial charge in [-0.1, -0.05) is 6.07 Å². The Kier molecular flexibility index (Phi) is 7.23. The van der Waals surface area contributed by atoms with Crippen molar-refractivity contribution in [3.05, 3.63) is 40.7 Å². The van der Waals surface area contributed by atoms with Gasteiger partial charge in [-0.25, -0.2) is 13.8 Å². The van der Waals surface area contributed by atoms with Crippen LogP contribution in [0.3, 0.4) is 0 Å². The van der Waals surface area contributed by atoms with Crippen LogP contribution < -0.4 is 14.3 Å². The molecule has 0 spiro atoms. The molecule has 0 radical (unpaired) electrons. The molecule has 1 fully saturated rings. The number of carbonyl (C=O) groups excluding carboxylic acids is 1. The molecule has 0 unspecified atom stereocenters. The average Bonchev–Trinajstić information content (AvgIpc) is 3.59. The van der Waals surface area contributed by atoms with Gasteiger partial charge >= 0.3 is 16.2 Å². The van der Waals surface area contributed by atoms with Crippen LogP contribution in [0.2, 0.25) is 0 Å². The number of fused-ring (bicyclic) bond motifs is 2.